The zero-order valence-electron chi connectivity index (χ0n) is 14.9. The van der Waals surface area contributed by atoms with Gasteiger partial charge in [0, 0.05) is 13.1 Å². The van der Waals surface area contributed by atoms with Crippen LogP contribution in [0, 0.1) is 0 Å². The van der Waals surface area contributed by atoms with E-state index in [9.17, 15) is 22.8 Å². The topological polar surface area (TPSA) is 110 Å². The number of sulfonamides is 1. The van der Waals surface area contributed by atoms with E-state index in [1.165, 1.54) is 30.0 Å². The summed E-state index contributed by atoms with van der Waals surface area (Å²) < 4.78 is 40.4. The molecule has 0 saturated heterocycles. The molecule has 0 aromatic heterocycles. The molecule has 0 saturated carbocycles. The molecular formula is C15H32NO6PS-2. The van der Waals surface area contributed by atoms with Crippen molar-refractivity contribution < 1.29 is 27.3 Å². The van der Waals surface area contributed by atoms with Crippen LogP contribution < -0.4 is 9.79 Å². The molecular weight excluding hydrogens is 353 g/mol. The van der Waals surface area contributed by atoms with Crippen LogP contribution in [0.4, 0.5) is 0 Å². The molecule has 7 nitrogen and oxygen atoms in total. The Morgan fingerprint density at radius 2 is 1.42 bits per heavy atom. The second kappa shape index (κ2) is 13.3. The van der Waals surface area contributed by atoms with Gasteiger partial charge in [-0.25, -0.2) is 8.42 Å². The molecule has 0 aromatic carbocycles. The van der Waals surface area contributed by atoms with Gasteiger partial charge >= 0.3 is 0 Å². The van der Waals surface area contributed by atoms with Crippen LogP contribution in [0.1, 0.15) is 71.6 Å². The van der Waals surface area contributed by atoms with Gasteiger partial charge in [0.1, 0.15) is 0 Å². The summed E-state index contributed by atoms with van der Waals surface area (Å²) in [4.78, 5) is 20.9. The Bertz CT molecular complexity index is 451. The van der Waals surface area contributed by atoms with Gasteiger partial charge in [-0.3, -0.25) is 0 Å². The highest BCUT2D eigenvalue weighted by Gasteiger charge is 2.20. The first-order valence-corrected chi connectivity index (χ1v) is 11.9. The summed E-state index contributed by atoms with van der Waals surface area (Å²) in [5, 5.41) is 0. The minimum Gasteiger partial charge on any atom is -0.790 e. The minimum atomic E-state index is -5.06. The van der Waals surface area contributed by atoms with Gasteiger partial charge in [-0.1, -0.05) is 58.8 Å². The summed E-state index contributed by atoms with van der Waals surface area (Å²) in [5.74, 6) is 0.0500. The van der Waals surface area contributed by atoms with E-state index >= 15 is 0 Å². The van der Waals surface area contributed by atoms with Crippen LogP contribution in [0.3, 0.4) is 0 Å². The Morgan fingerprint density at radius 3 is 1.92 bits per heavy atom. The molecule has 0 rings (SSSR count). The van der Waals surface area contributed by atoms with Crippen LogP contribution in [0.5, 0.6) is 0 Å². The van der Waals surface area contributed by atoms with E-state index in [4.69, 9.17) is 0 Å². The Labute approximate surface area is 147 Å². The van der Waals surface area contributed by atoms with Crippen molar-refractivity contribution >= 4 is 17.8 Å². The first-order valence-electron chi connectivity index (χ1n) is 8.87. The molecule has 0 aliphatic carbocycles. The van der Waals surface area contributed by atoms with Crippen LogP contribution >= 0.6 is 7.82 Å². The first kappa shape index (κ1) is 24.0. The normalized spacial score (nSPS) is 12.9. The molecule has 0 heterocycles. The van der Waals surface area contributed by atoms with Crippen molar-refractivity contribution in [1.29, 1.82) is 0 Å². The predicted molar refractivity (Wildman–Crippen MR) is 91.8 cm³/mol. The van der Waals surface area contributed by atoms with E-state index in [0.29, 0.717) is 19.4 Å². The van der Waals surface area contributed by atoms with E-state index in [2.05, 4.69) is 11.4 Å². The third-order valence-corrected chi connectivity index (χ3v) is 6.17. The SMILES string of the molecule is CCCCCCCCCCS(=O)(=O)N(CCC)CCOP(=O)([O-])[O-]. The van der Waals surface area contributed by atoms with Crippen LogP contribution in [-0.2, 0) is 19.1 Å². The largest absolute Gasteiger partial charge is 0.790 e. The molecule has 0 radical (unpaired) electrons. The summed E-state index contributed by atoms with van der Waals surface area (Å²) in [7, 11) is -8.50. The molecule has 24 heavy (non-hydrogen) atoms. The number of hydrogen-bond acceptors (Lipinski definition) is 6. The van der Waals surface area contributed by atoms with Gasteiger partial charge in [0.2, 0.25) is 10.0 Å². The zero-order valence-corrected chi connectivity index (χ0v) is 16.7. The molecule has 0 atom stereocenters. The van der Waals surface area contributed by atoms with Crippen LogP contribution in [0.15, 0.2) is 0 Å². The highest BCUT2D eigenvalue weighted by molar-refractivity contribution is 7.89. The van der Waals surface area contributed by atoms with Crippen molar-refractivity contribution in [2.75, 3.05) is 25.4 Å². The van der Waals surface area contributed by atoms with Crippen molar-refractivity contribution in [1.82, 2.24) is 4.31 Å². The minimum absolute atomic E-state index is 0.0500. The molecule has 0 spiro atoms. The number of phosphoric acid groups is 1. The lowest BCUT2D eigenvalue weighted by atomic mass is 10.1. The van der Waals surface area contributed by atoms with Crippen molar-refractivity contribution in [2.24, 2.45) is 0 Å². The molecule has 146 valence electrons. The van der Waals surface area contributed by atoms with E-state index in [0.717, 1.165) is 19.3 Å². The number of nitrogens with zero attached hydrogens (tertiary/aromatic N) is 1. The second-order valence-corrected chi connectivity index (χ2v) is 9.21. The van der Waals surface area contributed by atoms with Crippen molar-refractivity contribution in [2.45, 2.75) is 71.6 Å². The fraction of sp³-hybridized carbons (Fsp3) is 1.00. The molecule has 0 N–H and O–H groups in total. The summed E-state index contributed by atoms with van der Waals surface area (Å²) in [6.07, 6.45) is 9.15. The van der Waals surface area contributed by atoms with Crippen molar-refractivity contribution in [3.05, 3.63) is 0 Å². The molecule has 0 fully saturated rings. The summed E-state index contributed by atoms with van der Waals surface area (Å²) >= 11 is 0. The number of unbranched alkanes of at least 4 members (excludes halogenated alkanes) is 7. The number of phosphoric ester groups is 1. The van der Waals surface area contributed by atoms with Gasteiger partial charge < -0.3 is 18.9 Å². The van der Waals surface area contributed by atoms with Gasteiger partial charge in [0.15, 0.2) is 0 Å². The summed E-state index contributed by atoms with van der Waals surface area (Å²) in [6, 6.07) is 0. The maximum Gasteiger partial charge on any atom is 0.214 e. The predicted octanol–water partition coefficient (Wildman–Crippen LogP) is 2.01. The van der Waals surface area contributed by atoms with Crippen molar-refractivity contribution in [3.63, 3.8) is 0 Å². The first-order chi connectivity index (χ1) is 11.2. The van der Waals surface area contributed by atoms with E-state index in [-0.39, 0.29) is 12.3 Å². The van der Waals surface area contributed by atoms with E-state index in [1.54, 1.807) is 0 Å². The fourth-order valence-corrected chi connectivity index (χ4v) is 4.39. The van der Waals surface area contributed by atoms with E-state index in [1.807, 2.05) is 6.92 Å². The molecule has 0 aromatic rings. The lowest BCUT2D eigenvalue weighted by Crippen LogP contribution is -2.36. The average Bonchev–Trinajstić information content (AvgIpc) is 2.48. The third kappa shape index (κ3) is 13.3. The van der Waals surface area contributed by atoms with Crippen molar-refractivity contribution in [3.8, 4) is 0 Å². The van der Waals surface area contributed by atoms with Gasteiger partial charge in [-0.2, -0.15) is 4.31 Å². The quantitative estimate of drug-likeness (QED) is 0.297. The molecule has 9 heteroatoms. The highest BCUT2D eigenvalue weighted by Crippen LogP contribution is 2.24. The second-order valence-electron chi connectivity index (χ2n) is 5.97. The standard InChI is InChI=1S/C15H34NO6PS/c1-3-5-6-7-8-9-10-11-15-24(20,21)16(12-4-2)13-14-22-23(17,18)19/h3-15H2,1-2H3,(H2,17,18,19)/p-2. The van der Waals surface area contributed by atoms with Gasteiger partial charge in [0.05, 0.1) is 20.2 Å². The number of rotatable bonds is 16. The van der Waals surface area contributed by atoms with Gasteiger partial charge in [-0.05, 0) is 12.8 Å². The van der Waals surface area contributed by atoms with Crippen LogP contribution in [0.2, 0.25) is 0 Å². The zero-order chi connectivity index (χ0) is 18.5. The molecule has 0 bridgehead atoms. The monoisotopic (exact) mass is 385 g/mol. The third-order valence-electron chi connectivity index (χ3n) is 3.71. The lowest BCUT2D eigenvalue weighted by Gasteiger charge is -2.30. The Kier molecular flexibility index (Phi) is 13.3. The fourth-order valence-electron chi connectivity index (χ4n) is 2.44. The molecule has 0 amide bonds. The van der Waals surface area contributed by atoms with Crippen LogP contribution in [-0.4, -0.2) is 38.2 Å². The summed E-state index contributed by atoms with van der Waals surface area (Å²) in [5.41, 5.74) is 0. The van der Waals surface area contributed by atoms with E-state index < -0.39 is 24.5 Å². The maximum atomic E-state index is 12.3. The Balaban J connectivity index is 4.10. The highest BCUT2D eigenvalue weighted by atomic mass is 32.2. The average molecular weight is 385 g/mol. The van der Waals surface area contributed by atoms with Gasteiger partial charge in [0.25, 0.3) is 0 Å². The Hall–Kier alpha value is 0.0200. The maximum absolute atomic E-state index is 12.3. The lowest BCUT2D eigenvalue weighted by molar-refractivity contribution is -0.341. The number of hydrogen-bond donors (Lipinski definition) is 0. The molecule has 0 unspecified atom stereocenters. The molecule has 0 aliphatic rings. The Morgan fingerprint density at radius 1 is 0.875 bits per heavy atom. The smallest absolute Gasteiger partial charge is 0.214 e. The molecule has 0 aliphatic heterocycles. The summed E-state index contributed by atoms with van der Waals surface area (Å²) in [6.45, 7) is 3.77. The van der Waals surface area contributed by atoms with Gasteiger partial charge in [-0.15, -0.1) is 0 Å². The van der Waals surface area contributed by atoms with Crippen LogP contribution in [0.25, 0.3) is 0 Å².